The number of hydrogen-bond acceptors (Lipinski definition) is 6. The first-order valence-electron chi connectivity index (χ1n) is 9.89. The molecule has 1 spiro atoms. The molecule has 8 nitrogen and oxygen atoms in total. The van der Waals surface area contributed by atoms with Gasteiger partial charge >= 0.3 is 5.97 Å². The number of nitrogens with zero attached hydrogens (tertiary/aromatic N) is 1. The van der Waals surface area contributed by atoms with Gasteiger partial charge in [-0.15, -0.1) is 0 Å². The van der Waals surface area contributed by atoms with Crippen molar-refractivity contribution in [2.45, 2.75) is 31.3 Å². The molecule has 29 heavy (non-hydrogen) atoms. The first-order chi connectivity index (χ1) is 13.9. The minimum absolute atomic E-state index is 0.0130. The molecule has 3 N–H and O–H groups in total. The van der Waals surface area contributed by atoms with Gasteiger partial charge in [0, 0.05) is 37.9 Å². The second-order valence-electron chi connectivity index (χ2n) is 7.79. The second kappa shape index (κ2) is 8.92. The fraction of sp³-hybridized carbons (Fsp3) is 0.571. The summed E-state index contributed by atoms with van der Waals surface area (Å²) in [5.41, 5.74) is 0.542. The highest BCUT2D eigenvalue weighted by molar-refractivity contribution is 5.78. The zero-order valence-electron chi connectivity index (χ0n) is 16.5. The molecule has 158 valence electrons. The van der Waals surface area contributed by atoms with E-state index in [-0.39, 0.29) is 43.1 Å². The minimum Gasteiger partial charge on any atom is -0.469 e. The van der Waals surface area contributed by atoms with Crippen LogP contribution < -0.4 is 5.32 Å². The lowest BCUT2D eigenvalue weighted by Gasteiger charge is -2.16. The van der Waals surface area contributed by atoms with Crippen molar-refractivity contribution < 1.29 is 29.3 Å². The summed E-state index contributed by atoms with van der Waals surface area (Å²) in [6.07, 6.45) is 0.116. The Morgan fingerprint density at radius 3 is 2.62 bits per heavy atom. The third-order valence-corrected chi connectivity index (χ3v) is 6.22. The van der Waals surface area contributed by atoms with Gasteiger partial charge in [-0.25, -0.2) is 0 Å². The highest BCUT2D eigenvalue weighted by atomic mass is 16.5. The van der Waals surface area contributed by atoms with Crippen LogP contribution in [0.1, 0.15) is 30.7 Å². The third kappa shape index (κ3) is 4.28. The first-order valence-corrected chi connectivity index (χ1v) is 9.89. The summed E-state index contributed by atoms with van der Waals surface area (Å²) in [5, 5.41) is 22.9. The number of benzene rings is 1. The van der Waals surface area contributed by atoms with E-state index in [2.05, 4.69) is 10.1 Å². The Hall–Kier alpha value is -2.45. The van der Waals surface area contributed by atoms with Crippen LogP contribution in [-0.2, 0) is 19.1 Å². The van der Waals surface area contributed by atoms with Crippen LogP contribution in [0.25, 0.3) is 0 Å². The molecule has 1 saturated carbocycles. The average Bonchev–Trinajstić information content (AvgIpc) is 3.25. The molecule has 1 aliphatic heterocycles. The number of ether oxygens (including phenoxy) is 1. The van der Waals surface area contributed by atoms with Crippen molar-refractivity contribution in [1.82, 2.24) is 10.2 Å². The molecule has 1 aromatic rings. The van der Waals surface area contributed by atoms with Crippen LogP contribution in [0, 0.1) is 11.3 Å². The number of amides is 2. The van der Waals surface area contributed by atoms with Gasteiger partial charge < -0.3 is 25.2 Å². The lowest BCUT2D eigenvalue weighted by Crippen LogP contribution is -2.32. The van der Waals surface area contributed by atoms with E-state index in [1.807, 2.05) is 30.3 Å². The van der Waals surface area contributed by atoms with Crippen LogP contribution in [-0.4, -0.2) is 72.4 Å². The highest BCUT2D eigenvalue weighted by Crippen LogP contribution is 2.68. The Bertz CT molecular complexity index is 755. The van der Waals surface area contributed by atoms with Gasteiger partial charge in [-0.3, -0.25) is 14.4 Å². The topological polar surface area (TPSA) is 116 Å². The molecule has 2 aliphatic rings. The van der Waals surface area contributed by atoms with Crippen LogP contribution in [0.4, 0.5) is 0 Å². The number of carbonyl (C=O) groups excluding carboxylic acids is 3. The monoisotopic (exact) mass is 404 g/mol. The molecular formula is C21H28N2O6. The van der Waals surface area contributed by atoms with Crippen molar-refractivity contribution in [3.63, 3.8) is 0 Å². The molecule has 1 aromatic carbocycles. The van der Waals surface area contributed by atoms with Crippen LogP contribution in [0.5, 0.6) is 0 Å². The van der Waals surface area contributed by atoms with E-state index in [1.54, 1.807) is 0 Å². The molecule has 0 unspecified atom stereocenters. The number of rotatable bonds is 8. The third-order valence-electron chi connectivity index (χ3n) is 6.22. The summed E-state index contributed by atoms with van der Waals surface area (Å²) in [4.78, 5) is 36.8. The van der Waals surface area contributed by atoms with Crippen molar-refractivity contribution in [2.24, 2.45) is 11.3 Å². The number of likely N-dealkylation sites (tertiary alicyclic amines) is 1. The maximum atomic E-state index is 12.2. The molecule has 1 saturated heterocycles. The average molecular weight is 404 g/mol. The number of methoxy groups -OCH3 is 1. The second-order valence-corrected chi connectivity index (χ2v) is 7.79. The standard InChI is InChI=1S/C21H28N2O6/c1-29-19(28)9-5-8-17(26)22-10-15-20(14-6-3-2-4-7-14)21(15)13-23(11-16(21)25)18(27)12-24/h2-4,6-7,15-16,20,24-25H,5,8-13H2,1H3,(H,22,26)/t15-,16-,20-,21-/m1/s1. The lowest BCUT2D eigenvalue weighted by molar-refractivity contribution is -0.140. The van der Waals surface area contributed by atoms with Gasteiger partial charge in [0.25, 0.3) is 0 Å². The molecule has 3 rings (SSSR count). The van der Waals surface area contributed by atoms with E-state index in [9.17, 15) is 24.6 Å². The lowest BCUT2D eigenvalue weighted by atomic mass is 9.95. The first kappa shape index (κ1) is 21.3. The summed E-state index contributed by atoms with van der Waals surface area (Å²) in [6, 6.07) is 9.77. The highest BCUT2D eigenvalue weighted by Gasteiger charge is 2.71. The van der Waals surface area contributed by atoms with E-state index < -0.39 is 24.0 Å². The predicted molar refractivity (Wildman–Crippen MR) is 104 cm³/mol. The van der Waals surface area contributed by atoms with Crippen molar-refractivity contribution >= 4 is 17.8 Å². The Balaban J connectivity index is 1.65. The Morgan fingerprint density at radius 2 is 1.97 bits per heavy atom. The number of esters is 1. The van der Waals surface area contributed by atoms with Gasteiger partial charge in [-0.2, -0.15) is 0 Å². The fourth-order valence-corrected chi connectivity index (χ4v) is 4.70. The van der Waals surface area contributed by atoms with Crippen LogP contribution in [0.15, 0.2) is 30.3 Å². The van der Waals surface area contributed by atoms with E-state index >= 15 is 0 Å². The molecule has 1 heterocycles. The maximum Gasteiger partial charge on any atom is 0.305 e. The molecule has 8 heteroatoms. The Labute approximate surface area is 169 Å². The zero-order valence-corrected chi connectivity index (χ0v) is 16.5. The van der Waals surface area contributed by atoms with Crippen molar-refractivity contribution in [3.05, 3.63) is 35.9 Å². The maximum absolute atomic E-state index is 12.2. The van der Waals surface area contributed by atoms with Gasteiger partial charge in [0.1, 0.15) is 6.61 Å². The van der Waals surface area contributed by atoms with Crippen molar-refractivity contribution in [3.8, 4) is 0 Å². The largest absolute Gasteiger partial charge is 0.469 e. The molecule has 1 aliphatic carbocycles. The van der Waals surface area contributed by atoms with E-state index in [1.165, 1.54) is 12.0 Å². The normalized spacial score (nSPS) is 27.7. The van der Waals surface area contributed by atoms with Crippen molar-refractivity contribution in [2.75, 3.05) is 33.4 Å². The molecule has 0 radical (unpaired) electrons. The number of nitrogens with one attached hydrogen (secondary N) is 1. The number of hydrogen-bond donors (Lipinski definition) is 3. The van der Waals surface area contributed by atoms with Gasteiger partial charge in [0.05, 0.1) is 13.2 Å². The summed E-state index contributed by atoms with van der Waals surface area (Å²) >= 11 is 0. The summed E-state index contributed by atoms with van der Waals surface area (Å²) < 4.78 is 4.57. The van der Waals surface area contributed by atoms with Crippen LogP contribution in [0.3, 0.4) is 0 Å². The van der Waals surface area contributed by atoms with Gasteiger partial charge in [0.2, 0.25) is 11.8 Å². The van der Waals surface area contributed by atoms with Gasteiger partial charge in [-0.1, -0.05) is 30.3 Å². The SMILES string of the molecule is COC(=O)CCCC(=O)NC[C@@H]1[C@@H](c2ccccc2)[C@]12CN(C(=O)CO)C[C@H]2O. The molecule has 2 fully saturated rings. The predicted octanol–water partition coefficient (Wildman–Crippen LogP) is 0.0413. The van der Waals surface area contributed by atoms with E-state index in [0.29, 0.717) is 19.5 Å². The summed E-state index contributed by atoms with van der Waals surface area (Å²) in [7, 11) is 1.32. The zero-order chi connectivity index (χ0) is 21.0. The van der Waals surface area contributed by atoms with E-state index in [4.69, 9.17) is 0 Å². The molecule has 0 bridgehead atoms. The number of aliphatic hydroxyl groups is 2. The minimum atomic E-state index is -0.718. The quantitative estimate of drug-likeness (QED) is 0.527. The molecule has 0 aromatic heterocycles. The fourth-order valence-electron chi connectivity index (χ4n) is 4.70. The Kier molecular flexibility index (Phi) is 6.54. The summed E-state index contributed by atoms with van der Waals surface area (Å²) in [5.74, 6) is -0.888. The van der Waals surface area contributed by atoms with Gasteiger partial charge in [0.15, 0.2) is 0 Å². The smallest absolute Gasteiger partial charge is 0.305 e. The Morgan fingerprint density at radius 1 is 1.24 bits per heavy atom. The summed E-state index contributed by atoms with van der Waals surface area (Å²) in [6.45, 7) is 0.345. The number of β-amino-alcohol motifs (C(OH)–C–C–N with tert-alkyl or cyclic N) is 1. The molecule has 2 amide bonds. The van der Waals surface area contributed by atoms with Crippen LogP contribution in [0.2, 0.25) is 0 Å². The molecule has 4 atom stereocenters. The number of carbonyl (C=O) groups is 3. The van der Waals surface area contributed by atoms with Crippen molar-refractivity contribution in [1.29, 1.82) is 0 Å². The number of aliphatic hydroxyl groups excluding tert-OH is 2. The molecular weight excluding hydrogens is 376 g/mol. The van der Waals surface area contributed by atoms with Gasteiger partial charge in [-0.05, 0) is 23.8 Å². The van der Waals surface area contributed by atoms with E-state index in [0.717, 1.165) is 5.56 Å². The van der Waals surface area contributed by atoms with Crippen LogP contribution >= 0.6 is 0 Å².